The number of aromatic nitrogens is 2. The van der Waals surface area contributed by atoms with Crippen molar-refractivity contribution >= 4 is 34.8 Å². The zero-order valence-corrected chi connectivity index (χ0v) is 22.5. The number of halogens is 2. The highest BCUT2D eigenvalue weighted by molar-refractivity contribution is 6.42. The fraction of sp³-hybridized carbons (Fsp3) is 0.367. The van der Waals surface area contributed by atoms with Gasteiger partial charge in [0.2, 0.25) is 0 Å². The molecule has 7 heteroatoms. The number of ether oxygens (including phenoxy) is 1. The van der Waals surface area contributed by atoms with E-state index in [9.17, 15) is 4.79 Å². The predicted molar refractivity (Wildman–Crippen MR) is 150 cm³/mol. The maximum absolute atomic E-state index is 14.0. The van der Waals surface area contributed by atoms with Crippen LogP contribution in [-0.2, 0) is 13.0 Å². The van der Waals surface area contributed by atoms with Gasteiger partial charge >= 0.3 is 0 Å². The predicted octanol–water partition coefficient (Wildman–Crippen LogP) is 7.79. The summed E-state index contributed by atoms with van der Waals surface area (Å²) in [5, 5.41) is 4.45. The van der Waals surface area contributed by atoms with E-state index in [0.29, 0.717) is 15.7 Å². The van der Waals surface area contributed by atoms with Crippen molar-refractivity contribution in [3.63, 3.8) is 0 Å². The number of methoxy groups -OCH3 is 1. The van der Waals surface area contributed by atoms with Crippen LogP contribution in [0.2, 0.25) is 10.0 Å². The first-order valence-corrected chi connectivity index (χ1v) is 14.0. The summed E-state index contributed by atoms with van der Waals surface area (Å²) in [4.78, 5) is 14.0. The second-order valence-electron chi connectivity index (χ2n) is 10.2. The molecule has 0 saturated heterocycles. The zero-order chi connectivity index (χ0) is 25.5. The molecule has 1 aliphatic carbocycles. The van der Waals surface area contributed by atoms with Crippen LogP contribution in [0.5, 0.6) is 5.75 Å². The number of amides is 1. The smallest absolute Gasteiger partial charge is 0.269 e. The molecule has 192 valence electrons. The molecule has 0 unspecified atom stereocenters. The van der Waals surface area contributed by atoms with Crippen molar-refractivity contribution in [1.29, 1.82) is 0 Å². The molecule has 0 atom stereocenters. The number of nitrogens with zero attached hydrogens (tertiary/aromatic N) is 2. The third-order valence-corrected chi connectivity index (χ3v) is 8.62. The topological polar surface area (TPSA) is 47.7 Å². The van der Waals surface area contributed by atoms with E-state index in [0.717, 1.165) is 72.4 Å². The number of carbonyl (C=O) groups excluding carboxylic acids is 1. The van der Waals surface area contributed by atoms with E-state index in [1.165, 1.54) is 24.8 Å². The first-order valence-electron chi connectivity index (χ1n) is 13.2. The SMILES string of the molecule is COc1ccc(-c2c3c4n(c(-c5ccc(Cl)c(Cl)c5)cn4c2C(=O)NC2CCCCC2)CCCC3)cc1. The van der Waals surface area contributed by atoms with Crippen molar-refractivity contribution in [1.82, 2.24) is 14.3 Å². The molecule has 5 nitrogen and oxygen atoms in total. The second-order valence-corrected chi connectivity index (χ2v) is 11.0. The molecule has 2 aliphatic rings. The van der Waals surface area contributed by atoms with Gasteiger partial charge in [-0.1, -0.05) is 60.7 Å². The van der Waals surface area contributed by atoms with Gasteiger partial charge in [0.15, 0.2) is 0 Å². The number of rotatable bonds is 5. The highest BCUT2D eigenvalue weighted by atomic mass is 35.5. The Morgan fingerprint density at radius 2 is 1.70 bits per heavy atom. The molecule has 1 fully saturated rings. The highest BCUT2D eigenvalue weighted by Crippen LogP contribution is 2.40. The number of benzene rings is 2. The van der Waals surface area contributed by atoms with Crippen LogP contribution in [0.1, 0.15) is 61.0 Å². The molecule has 1 amide bonds. The Bertz CT molecular complexity index is 1460. The van der Waals surface area contributed by atoms with E-state index in [1.54, 1.807) is 7.11 Å². The summed E-state index contributed by atoms with van der Waals surface area (Å²) in [7, 11) is 1.67. The maximum atomic E-state index is 14.0. The first-order chi connectivity index (χ1) is 18.0. The normalized spacial score (nSPS) is 16.1. The molecule has 1 aliphatic heterocycles. The lowest BCUT2D eigenvalue weighted by atomic mass is 9.94. The van der Waals surface area contributed by atoms with Crippen LogP contribution >= 0.6 is 23.2 Å². The molecule has 0 spiro atoms. The van der Waals surface area contributed by atoms with Crippen LogP contribution in [0, 0.1) is 0 Å². The van der Waals surface area contributed by atoms with E-state index in [1.807, 2.05) is 30.3 Å². The number of carbonyl (C=O) groups is 1. The van der Waals surface area contributed by atoms with E-state index < -0.39 is 0 Å². The number of imidazole rings is 1. The van der Waals surface area contributed by atoms with E-state index in [4.69, 9.17) is 27.9 Å². The molecule has 0 radical (unpaired) electrons. The van der Waals surface area contributed by atoms with Gasteiger partial charge in [0.05, 0.1) is 22.8 Å². The van der Waals surface area contributed by atoms with E-state index in [2.05, 4.69) is 32.6 Å². The summed E-state index contributed by atoms with van der Waals surface area (Å²) < 4.78 is 9.88. The Hall–Kier alpha value is -2.89. The van der Waals surface area contributed by atoms with Crippen molar-refractivity contribution in [2.24, 2.45) is 0 Å². The Morgan fingerprint density at radius 3 is 2.43 bits per heavy atom. The van der Waals surface area contributed by atoms with Crippen molar-refractivity contribution < 1.29 is 9.53 Å². The first kappa shape index (κ1) is 24.4. The molecular weight excluding hydrogens is 505 g/mol. The van der Waals surface area contributed by atoms with Crippen LogP contribution in [-0.4, -0.2) is 28.0 Å². The summed E-state index contributed by atoms with van der Waals surface area (Å²) in [6, 6.07) is 14.1. The molecule has 1 N–H and O–H groups in total. The van der Waals surface area contributed by atoms with Gasteiger partial charge in [-0.25, -0.2) is 0 Å². The van der Waals surface area contributed by atoms with Gasteiger partial charge in [-0.05, 0) is 61.9 Å². The average Bonchev–Trinajstić information content (AvgIpc) is 3.34. The average molecular weight is 537 g/mol. The summed E-state index contributed by atoms with van der Waals surface area (Å²) in [6.07, 6.45) is 10.8. The van der Waals surface area contributed by atoms with Crippen molar-refractivity contribution in [3.8, 4) is 28.1 Å². The number of hydrogen-bond acceptors (Lipinski definition) is 2. The van der Waals surface area contributed by atoms with Crippen LogP contribution in [0.4, 0.5) is 0 Å². The van der Waals surface area contributed by atoms with Gasteiger partial charge in [0.1, 0.15) is 17.1 Å². The lowest BCUT2D eigenvalue weighted by Gasteiger charge is -2.23. The molecule has 4 aromatic rings. The van der Waals surface area contributed by atoms with Gasteiger partial charge in [0.25, 0.3) is 5.91 Å². The summed E-state index contributed by atoms with van der Waals surface area (Å²) >= 11 is 12.6. The molecule has 0 bridgehead atoms. The Morgan fingerprint density at radius 1 is 0.946 bits per heavy atom. The summed E-state index contributed by atoms with van der Waals surface area (Å²) in [5.74, 6) is 0.801. The fourth-order valence-electron chi connectivity index (χ4n) is 6.06. The molecule has 3 heterocycles. The van der Waals surface area contributed by atoms with Gasteiger partial charge in [0, 0.05) is 35.5 Å². The minimum atomic E-state index is -0.00243. The minimum Gasteiger partial charge on any atom is -0.497 e. The lowest BCUT2D eigenvalue weighted by Crippen LogP contribution is -2.37. The Labute approximate surface area is 227 Å². The summed E-state index contributed by atoms with van der Waals surface area (Å²) in [6.45, 7) is 0.884. The lowest BCUT2D eigenvalue weighted by molar-refractivity contribution is 0.0922. The van der Waals surface area contributed by atoms with Crippen molar-refractivity contribution in [3.05, 3.63) is 70.0 Å². The number of aryl methyl sites for hydroxylation is 2. The molecule has 2 aromatic carbocycles. The quantitative estimate of drug-likeness (QED) is 0.283. The fourth-order valence-corrected chi connectivity index (χ4v) is 6.36. The van der Waals surface area contributed by atoms with Gasteiger partial charge in [-0.3, -0.25) is 9.20 Å². The van der Waals surface area contributed by atoms with Crippen LogP contribution in [0.3, 0.4) is 0 Å². The summed E-state index contributed by atoms with van der Waals surface area (Å²) in [5.41, 5.74) is 7.14. The second kappa shape index (κ2) is 10.1. The highest BCUT2D eigenvalue weighted by Gasteiger charge is 2.30. The zero-order valence-electron chi connectivity index (χ0n) is 21.0. The molecule has 1 saturated carbocycles. The van der Waals surface area contributed by atoms with Crippen LogP contribution < -0.4 is 10.1 Å². The molecule has 37 heavy (non-hydrogen) atoms. The molecule has 2 aromatic heterocycles. The maximum Gasteiger partial charge on any atom is 0.269 e. The van der Waals surface area contributed by atoms with E-state index >= 15 is 0 Å². The Kier molecular flexibility index (Phi) is 6.68. The Balaban J connectivity index is 1.57. The van der Waals surface area contributed by atoms with Gasteiger partial charge in [-0.15, -0.1) is 0 Å². The molecular formula is C30H31Cl2N3O2. The number of hydrogen-bond donors (Lipinski definition) is 1. The van der Waals surface area contributed by atoms with Crippen molar-refractivity contribution in [2.45, 2.75) is 64.0 Å². The monoisotopic (exact) mass is 535 g/mol. The third-order valence-electron chi connectivity index (χ3n) is 7.88. The van der Waals surface area contributed by atoms with E-state index in [-0.39, 0.29) is 11.9 Å². The van der Waals surface area contributed by atoms with Crippen LogP contribution in [0.15, 0.2) is 48.7 Å². The van der Waals surface area contributed by atoms with Gasteiger partial charge < -0.3 is 14.6 Å². The largest absolute Gasteiger partial charge is 0.497 e. The van der Waals surface area contributed by atoms with Gasteiger partial charge in [-0.2, -0.15) is 0 Å². The molecule has 6 rings (SSSR count). The van der Waals surface area contributed by atoms with Crippen LogP contribution in [0.25, 0.3) is 28.0 Å². The third kappa shape index (κ3) is 4.42. The standard InChI is InChI=1S/C30H31Cl2N3O2/c1-37-22-13-10-19(11-14-22)27-23-9-5-6-16-34-26(20-12-15-24(31)25(32)17-20)18-35(30(23)34)28(27)29(36)33-21-7-3-2-4-8-21/h10-15,17-18,21H,2-9,16H2,1H3,(H,33,36). The number of nitrogens with one attached hydrogen (secondary N) is 1. The minimum absolute atomic E-state index is 0.00243. The van der Waals surface area contributed by atoms with Crippen molar-refractivity contribution in [2.75, 3.05) is 7.11 Å².